The molecule has 2 nitrogen and oxygen atoms in total. The van der Waals surface area contributed by atoms with Gasteiger partial charge in [0.25, 0.3) is 0 Å². The van der Waals surface area contributed by atoms with Crippen molar-refractivity contribution in [2.24, 2.45) is 5.41 Å². The van der Waals surface area contributed by atoms with Gasteiger partial charge in [0, 0.05) is 6.42 Å². The zero-order valence-corrected chi connectivity index (χ0v) is 10.0. The normalized spacial score (nSPS) is 23.7. The number of ketones is 1. The first kappa shape index (κ1) is 12.2. The molecule has 0 saturated heterocycles. The Morgan fingerprint density at radius 2 is 2.07 bits per heavy atom. The van der Waals surface area contributed by atoms with Gasteiger partial charge in [-0.25, -0.2) is 0 Å². The highest BCUT2D eigenvalue weighted by molar-refractivity contribution is 5.97. The molecular weight excluding hydrogens is 188 g/mol. The number of hydrogen-bond acceptors (Lipinski definition) is 2. The molecule has 1 unspecified atom stereocenters. The summed E-state index contributed by atoms with van der Waals surface area (Å²) in [4.78, 5) is 11.6. The van der Waals surface area contributed by atoms with Gasteiger partial charge in [-0.05, 0) is 36.8 Å². The van der Waals surface area contributed by atoms with Gasteiger partial charge in [0.15, 0.2) is 5.78 Å². The van der Waals surface area contributed by atoms with Crippen LogP contribution in [0.2, 0.25) is 0 Å². The largest absolute Gasteiger partial charge is 0.389 e. The molecule has 84 valence electrons. The minimum Gasteiger partial charge on any atom is -0.389 e. The molecule has 0 aromatic carbocycles. The van der Waals surface area contributed by atoms with Crippen LogP contribution in [-0.4, -0.2) is 17.0 Å². The van der Waals surface area contributed by atoms with Gasteiger partial charge in [0.05, 0.1) is 6.10 Å². The van der Waals surface area contributed by atoms with Crippen LogP contribution in [0.15, 0.2) is 23.3 Å². The Kier molecular flexibility index (Phi) is 3.50. The molecule has 1 rings (SSSR count). The fourth-order valence-corrected chi connectivity index (χ4v) is 1.99. The molecule has 0 spiro atoms. The summed E-state index contributed by atoms with van der Waals surface area (Å²) in [5.41, 5.74) is 1.96. The van der Waals surface area contributed by atoms with Crippen molar-refractivity contribution >= 4 is 5.78 Å². The lowest BCUT2D eigenvalue weighted by Crippen LogP contribution is -2.24. The molecule has 0 heterocycles. The van der Waals surface area contributed by atoms with E-state index in [0.29, 0.717) is 6.42 Å². The quantitative estimate of drug-likeness (QED) is 0.757. The molecule has 0 saturated carbocycles. The first-order chi connectivity index (χ1) is 6.84. The number of aliphatic hydroxyl groups excluding tert-OH is 1. The van der Waals surface area contributed by atoms with E-state index in [2.05, 4.69) is 13.8 Å². The zero-order valence-electron chi connectivity index (χ0n) is 10.0. The second kappa shape index (κ2) is 4.31. The molecule has 1 N–H and O–H groups in total. The first-order valence-electron chi connectivity index (χ1n) is 5.45. The fraction of sp³-hybridized carbons (Fsp3) is 0.615. The van der Waals surface area contributed by atoms with Crippen molar-refractivity contribution in [2.75, 3.05) is 0 Å². The van der Waals surface area contributed by atoms with Crippen molar-refractivity contribution in [1.82, 2.24) is 0 Å². The van der Waals surface area contributed by atoms with Gasteiger partial charge in [-0.15, -0.1) is 0 Å². The van der Waals surface area contributed by atoms with Crippen molar-refractivity contribution in [2.45, 2.75) is 46.6 Å². The Morgan fingerprint density at radius 1 is 1.47 bits per heavy atom. The SMILES string of the molecule is CC1=C(/C=C\C(C)O)C(C)(C)CCC1=O. The van der Waals surface area contributed by atoms with Crippen LogP contribution >= 0.6 is 0 Å². The van der Waals surface area contributed by atoms with Gasteiger partial charge in [-0.2, -0.15) is 0 Å². The van der Waals surface area contributed by atoms with Gasteiger partial charge < -0.3 is 5.11 Å². The summed E-state index contributed by atoms with van der Waals surface area (Å²) < 4.78 is 0. The maximum Gasteiger partial charge on any atom is 0.158 e. The molecule has 0 amide bonds. The summed E-state index contributed by atoms with van der Waals surface area (Å²) in [6, 6.07) is 0. The van der Waals surface area contributed by atoms with Gasteiger partial charge in [-0.3, -0.25) is 4.79 Å². The van der Waals surface area contributed by atoms with E-state index in [1.54, 1.807) is 13.0 Å². The number of carbonyl (C=O) groups excluding carboxylic acids is 1. The number of Topliss-reactive ketones (excluding diaryl/α,β-unsaturated/α-hetero) is 1. The third-order valence-corrected chi connectivity index (χ3v) is 3.07. The average Bonchev–Trinajstić information content (AvgIpc) is 2.11. The van der Waals surface area contributed by atoms with Crippen LogP contribution in [0.1, 0.15) is 40.5 Å². The smallest absolute Gasteiger partial charge is 0.158 e. The fourth-order valence-electron chi connectivity index (χ4n) is 1.99. The predicted molar refractivity (Wildman–Crippen MR) is 61.5 cm³/mol. The van der Waals surface area contributed by atoms with E-state index in [0.717, 1.165) is 17.6 Å². The first-order valence-corrected chi connectivity index (χ1v) is 5.45. The van der Waals surface area contributed by atoms with Gasteiger partial charge in [-0.1, -0.05) is 26.0 Å². The maximum atomic E-state index is 11.6. The summed E-state index contributed by atoms with van der Waals surface area (Å²) in [6.45, 7) is 7.88. The average molecular weight is 208 g/mol. The Balaban J connectivity index is 3.07. The number of hydrogen-bond donors (Lipinski definition) is 1. The molecule has 0 aromatic heterocycles. The topological polar surface area (TPSA) is 37.3 Å². The summed E-state index contributed by atoms with van der Waals surface area (Å²) >= 11 is 0. The van der Waals surface area contributed by atoms with Crippen LogP contribution in [0.4, 0.5) is 0 Å². The lowest BCUT2D eigenvalue weighted by molar-refractivity contribution is -0.116. The van der Waals surface area contributed by atoms with E-state index in [-0.39, 0.29) is 11.2 Å². The van der Waals surface area contributed by atoms with E-state index >= 15 is 0 Å². The predicted octanol–water partition coefficient (Wildman–Crippen LogP) is 2.63. The molecular formula is C13H20O2. The maximum absolute atomic E-state index is 11.6. The lowest BCUT2D eigenvalue weighted by atomic mass is 9.72. The van der Waals surface area contributed by atoms with Crippen LogP contribution in [0, 0.1) is 5.41 Å². The van der Waals surface area contributed by atoms with E-state index in [1.165, 1.54) is 0 Å². The molecule has 15 heavy (non-hydrogen) atoms. The summed E-state index contributed by atoms with van der Waals surface area (Å²) in [7, 11) is 0. The second-order valence-electron chi connectivity index (χ2n) is 4.95. The van der Waals surface area contributed by atoms with Gasteiger partial charge in [0.1, 0.15) is 0 Å². The Labute approximate surface area is 91.7 Å². The van der Waals surface area contributed by atoms with E-state index < -0.39 is 6.10 Å². The standard InChI is InChI=1S/C13H20O2/c1-9(14)5-6-11-10(2)12(15)7-8-13(11,3)4/h5-6,9,14H,7-8H2,1-4H3/b6-5-. The molecule has 0 aromatic rings. The molecule has 1 aliphatic rings. The zero-order chi connectivity index (χ0) is 11.6. The highest BCUT2D eigenvalue weighted by atomic mass is 16.3. The van der Waals surface area contributed by atoms with Crippen LogP contribution in [0.5, 0.6) is 0 Å². The van der Waals surface area contributed by atoms with E-state index in [1.807, 2.05) is 13.0 Å². The number of rotatable bonds is 2. The highest BCUT2D eigenvalue weighted by Crippen LogP contribution is 2.39. The molecule has 1 atom stereocenters. The summed E-state index contributed by atoms with van der Waals surface area (Å²) in [5.74, 6) is 0.236. The third kappa shape index (κ3) is 2.78. The molecule has 0 fully saturated rings. The number of aliphatic hydroxyl groups is 1. The minimum atomic E-state index is -0.460. The van der Waals surface area contributed by atoms with Gasteiger partial charge in [0.2, 0.25) is 0 Å². The van der Waals surface area contributed by atoms with Crippen LogP contribution < -0.4 is 0 Å². The van der Waals surface area contributed by atoms with E-state index in [4.69, 9.17) is 0 Å². The molecule has 0 radical (unpaired) electrons. The summed E-state index contributed by atoms with van der Waals surface area (Å²) in [5, 5.41) is 9.21. The molecule has 0 aliphatic heterocycles. The van der Waals surface area contributed by atoms with E-state index in [9.17, 15) is 9.90 Å². The van der Waals surface area contributed by atoms with Crippen molar-refractivity contribution in [3.05, 3.63) is 23.3 Å². The molecule has 0 bridgehead atoms. The van der Waals surface area contributed by atoms with Crippen molar-refractivity contribution in [1.29, 1.82) is 0 Å². The van der Waals surface area contributed by atoms with Gasteiger partial charge >= 0.3 is 0 Å². The summed E-state index contributed by atoms with van der Waals surface area (Å²) in [6.07, 6.45) is 4.71. The minimum absolute atomic E-state index is 0.0450. The van der Waals surface area contributed by atoms with Crippen LogP contribution in [0.3, 0.4) is 0 Å². The Hall–Kier alpha value is -0.890. The van der Waals surface area contributed by atoms with Crippen LogP contribution in [-0.2, 0) is 4.79 Å². The molecule has 2 heteroatoms. The van der Waals surface area contributed by atoms with Crippen LogP contribution in [0.25, 0.3) is 0 Å². The lowest BCUT2D eigenvalue weighted by Gasteiger charge is -2.32. The highest BCUT2D eigenvalue weighted by Gasteiger charge is 2.30. The van der Waals surface area contributed by atoms with Crippen molar-refractivity contribution in [3.63, 3.8) is 0 Å². The third-order valence-electron chi connectivity index (χ3n) is 3.07. The molecule has 1 aliphatic carbocycles. The number of carbonyl (C=O) groups is 1. The monoisotopic (exact) mass is 208 g/mol. The Bertz CT molecular complexity index is 319. The Morgan fingerprint density at radius 3 is 2.60 bits per heavy atom. The second-order valence-corrected chi connectivity index (χ2v) is 4.95. The number of allylic oxidation sites excluding steroid dienone is 3. The van der Waals surface area contributed by atoms with Crippen molar-refractivity contribution < 1.29 is 9.90 Å². The van der Waals surface area contributed by atoms with Crippen molar-refractivity contribution in [3.8, 4) is 0 Å².